The van der Waals surface area contributed by atoms with Gasteiger partial charge in [0.15, 0.2) is 5.75 Å². The largest absolute Gasteiger partial charge is 0.573 e. The average molecular weight is 309 g/mol. The zero-order valence-electron chi connectivity index (χ0n) is 11.7. The highest BCUT2D eigenvalue weighted by Gasteiger charge is 2.32. The molecule has 0 bridgehead atoms. The molecule has 0 unspecified atom stereocenters. The number of alkyl halides is 3. The molecule has 0 atom stereocenters. The second-order valence-corrected chi connectivity index (χ2v) is 5.04. The first kappa shape index (κ1) is 14.6. The van der Waals surface area contributed by atoms with Crippen molar-refractivity contribution in [2.24, 2.45) is 0 Å². The van der Waals surface area contributed by atoms with Crippen molar-refractivity contribution in [1.82, 2.24) is 9.97 Å². The van der Waals surface area contributed by atoms with E-state index in [-0.39, 0.29) is 17.4 Å². The summed E-state index contributed by atoms with van der Waals surface area (Å²) in [6.07, 6.45) is 0.991. The van der Waals surface area contributed by atoms with Gasteiger partial charge in [-0.1, -0.05) is 12.1 Å². The summed E-state index contributed by atoms with van der Waals surface area (Å²) in [4.78, 5) is 8.55. The highest BCUT2D eigenvalue weighted by molar-refractivity contribution is 5.62. The predicted molar refractivity (Wildman–Crippen MR) is 75.1 cm³/mol. The van der Waals surface area contributed by atoms with Gasteiger partial charge in [-0.2, -0.15) is 0 Å². The molecule has 1 aliphatic carbocycles. The Kier molecular flexibility index (Phi) is 3.87. The first-order valence-electron chi connectivity index (χ1n) is 6.98. The van der Waals surface area contributed by atoms with Crippen molar-refractivity contribution in [1.29, 1.82) is 0 Å². The Morgan fingerprint density at radius 2 is 1.86 bits per heavy atom. The van der Waals surface area contributed by atoms with Crippen LogP contribution in [0.1, 0.15) is 24.1 Å². The van der Waals surface area contributed by atoms with Crippen LogP contribution in [0.25, 0.3) is 0 Å². The van der Waals surface area contributed by atoms with Gasteiger partial charge < -0.3 is 10.1 Å². The number of hydrogen-bond donors (Lipinski definition) is 1. The van der Waals surface area contributed by atoms with Crippen molar-refractivity contribution < 1.29 is 17.9 Å². The molecule has 1 aromatic carbocycles. The summed E-state index contributed by atoms with van der Waals surface area (Å²) in [5.41, 5.74) is 2.24. The summed E-state index contributed by atoms with van der Waals surface area (Å²) in [5, 5.41) is 2.80. The molecule has 0 saturated heterocycles. The van der Waals surface area contributed by atoms with Gasteiger partial charge in [0.05, 0.1) is 5.69 Å². The zero-order valence-corrected chi connectivity index (χ0v) is 11.7. The number of hydrogen-bond acceptors (Lipinski definition) is 4. The second-order valence-electron chi connectivity index (χ2n) is 5.04. The molecule has 1 N–H and O–H groups in total. The third kappa shape index (κ3) is 3.47. The number of aromatic nitrogens is 2. The van der Waals surface area contributed by atoms with E-state index in [0.29, 0.717) is 0 Å². The number of fused-ring (bicyclic) bond motifs is 1. The number of anilines is 2. The van der Waals surface area contributed by atoms with Gasteiger partial charge in [-0.05, 0) is 43.4 Å². The fourth-order valence-electron chi connectivity index (χ4n) is 2.44. The number of halogens is 3. The van der Waals surface area contributed by atoms with Gasteiger partial charge in [0, 0.05) is 11.9 Å². The summed E-state index contributed by atoms with van der Waals surface area (Å²) in [6.45, 7) is 0. The fourth-order valence-corrected chi connectivity index (χ4v) is 2.44. The highest BCUT2D eigenvalue weighted by Crippen LogP contribution is 2.31. The summed E-state index contributed by atoms with van der Waals surface area (Å²) >= 11 is 0. The maximum absolute atomic E-state index is 12.4. The van der Waals surface area contributed by atoms with Crippen LogP contribution in [-0.4, -0.2) is 16.3 Å². The van der Waals surface area contributed by atoms with E-state index in [1.54, 1.807) is 12.3 Å². The molecule has 2 aromatic rings. The normalized spacial score (nSPS) is 14.3. The van der Waals surface area contributed by atoms with Crippen molar-refractivity contribution in [3.8, 4) is 5.75 Å². The number of nitrogens with one attached hydrogen (secondary N) is 1. The zero-order chi connectivity index (χ0) is 15.6. The fraction of sp³-hybridized carbons (Fsp3) is 0.333. The molecule has 1 aliphatic rings. The van der Waals surface area contributed by atoms with E-state index in [0.717, 1.165) is 36.9 Å². The minimum atomic E-state index is -4.74. The minimum Gasteiger partial charge on any atom is -0.404 e. The lowest BCUT2D eigenvalue weighted by Gasteiger charge is -2.16. The van der Waals surface area contributed by atoms with E-state index in [9.17, 15) is 13.2 Å². The molecule has 1 aromatic heterocycles. The van der Waals surface area contributed by atoms with Crippen molar-refractivity contribution in [3.63, 3.8) is 0 Å². The molecular formula is C15H14F3N3O. The van der Waals surface area contributed by atoms with Gasteiger partial charge >= 0.3 is 6.36 Å². The van der Waals surface area contributed by atoms with Gasteiger partial charge in [-0.3, -0.25) is 0 Å². The highest BCUT2D eigenvalue weighted by atomic mass is 19.4. The quantitative estimate of drug-likeness (QED) is 0.931. The van der Waals surface area contributed by atoms with Gasteiger partial charge in [-0.25, -0.2) is 9.97 Å². The Hall–Kier alpha value is -2.31. The van der Waals surface area contributed by atoms with Crippen LogP contribution in [0.15, 0.2) is 30.5 Å². The van der Waals surface area contributed by atoms with E-state index in [2.05, 4.69) is 20.0 Å². The molecule has 3 rings (SSSR count). The van der Waals surface area contributed by atoms with Crippen LogP contribution in [0.3, 0.4) is 0 Å². The maximum Gasteiger partial charge on any atom is 0.573 e. The van der Waals surface area contributed by atoms with E-state index in [4.69, 9.17) is 0 Å². The minimum absolute atomic E-state index is 0.176. The first-order valence-corrected chi connectivity index (χ1v) is 6.98. The number of para-hydroxylation sites is 2. The van der Waals surface area contributed by atoms with E-state index < -0.39 is 6.36 Å². The molecule has 22 heavy (non-hydrogen) atoms. The third-order valence-electron chi connectivity index (χ3n) is 3.42. The molecule has 0 aliphatic heterocycles. The Morgan fingerprint density at radius 1 is 1.09 bits per heavy atom. The molecular weight excluding hydrogens is 295 g/mol. The molecule has 0 radical (unpaired) electrons. The van der Waals surface area contributed by atoms with Crippen LogP contribution in [0.4, 0.5) is 24.8 Å². The summed E-state index contributed by atoms with van der Waals surface area (Å²) in [5.74, 6) is -0.0322. The van der Waals surface area contributed by atoms with Crippen LogP contribution >= 0.6 is 0 Å². The summed E-state index contributed by atoms with van der Waals surface area (Å²) in [6, 6.07) is 5.82. The monoisotopic (exact) mass is 309 g/mol. The number of rotatable bonds is 3. The Bertz CT molecular complexity index is 673. The van der Waals surface area contributed by atoms with Gasteiger partial charge in [-0.15, -0.1) is 13.2 Å². The number of nitrogens with zero attached hydrogens (tertiary/aromatic N) is 2. The van der Waals surface area contributed by atoms with Crippen molar-refractivity contribution in [2.45, 2.75) is 32.0 Å². The van der Waals surface area contributed by atoms with Crippen LogP contribution in [0.5, 0.6) is 5.75 Å². The maximum atomic E-state index is 12.4. The molecule has 1 heterocycles. The molecule has 0 spiro atoms. The molecule has 0 fully saturated rings. The second kappa shape index (κ2) is 5.82. The molecule has 7 heteroatoms. The van der Waals surface area contributed by atoms with Gasteiger partial charge in [0.2, 0.25) is 5.95 Å². The van der Waals surface area contributed by atoms with E-state index in [1.165, 1.54) is 18.2 Å². The standard InChI is InChI=1S/C15H14F3N3O/c16-15(17,18)22-13-8-4-3-7-12(13)21-14-19-9-10-5-1-2-6-11(10)20-14/h3-4,7-9H,1-2,5-6H2,(H,19,20,21). The van der Waals surface area contributed by atoms with Gasteiger partial charge in [0.25, 0.3) is 0 Å². The van der Waals surface area contributed by atoms with Crippen LogP contribution in [0, 0.1) is 0 Å². The van der Waals surface area contributed by atoms with Crippen LogP contribution < -0.4 is 10.1 Å². The Labute approximate surface area is 125 Å². The lowest BCUT2D eigenvalue weighted by Crippen LogP contribution is -2.18. The third-order valence-corrected chi connectivity index (χ3v) is 3.42. The van der Waals surface area contributed by atoms with Crippen LogP contribution in [0.2, 0.25) is 0 Å². The topological polar surface area (TPSA) is 47.0 Å². The molecule has 0 amide bonds. The Balaban J connectivity index is 1.84. The lowest BCUT2D eigenvalue weighted by atomic mass is 9.98. The molecule has 4 nitrogen and oxygen atoms in total. The number of aryl methyl sites for hydroxylation is 2. The lowest BCUT2D eigenvalue weighted by molar-refractivity contribution is -0.274. The number of benzene rings is 1. The number of ether oxygens (including phenoxy) is 1. The van der Waals surface area contributed by atoms with Crippen molar-refractivity contribution in [2.75, 3.05) is 5.32 Å². The summed E-state index contributed by atoms with van der Waals surface area (Å²) < 4.78 is 41.2. The molecule has 0 saturated carbocycles. The average Bonchev–Trinajstić information content (AvgIpc) is 2.48. The van der Waals surface area contributed by atoms with Gasteiger partial charge in [0.1, 0.15) is 0 Å². The smallest absolute Gasteiger partial charge is 0.404 e. The first-order chi connectivity index (χ1) is 10.5. The predicted octanol–water partition coefficient (Wildman–Crippen LogP) is 4.00. The van der Waals surface area contributed by atoms with Crippen molar-refractivity contribution >= 4 is 11.6 Å². The van der Waals surface area contributed by atoms with E-state index in [1.807, 2.05) is 0 Å². The summed E-state index contributed by atoms with van der Waals surface area (Å²) in [7, 11) is 0. The van der Waals surface area contributed by atoms with Crippen LogP contribution in [-0.2, 0) is 12.8 Å². The Morgan fingerprint density at radius 3 is 2.68 bits per heavy atom. The molecule has 116 valence electrons. The van der Waals surface area contributed by atoms with E-state index >= 15 is 0 Å². The van der Waals surface area contributed by atoms with Crippen molar-refractivity contribution in [3.05, 3.63) is 41.7 Å². The SMILES string of the molecule is FC(F)(F)Oc1ccccc1Nc1ncc2c(n1)CCCC2.